The normalized spacial score (nSPS) is 16.3. The van der Waals surface area contributed by atoms with Gasteiger partial charge in [-0.05, 0) is 62.9 Å². The first kappa shape index (κ1) is 19.6. The fourth-order valence-electron chi connectivity index (χ4n) is 3.21. The zero-order valence-corrected chi connectivity index (χ0v) is 17.9. The molecule has 1 atom stereocenters. The summed E-state index contributed by atoms with van der Waals surface area (Å²) in [5.74, 6) is -0.677. The van der Waals surface area contributed by atoms with Gasteiger partial charge in [0.2, 0.25) is 17.0 Å². The molecule has 0 saturated carbocycles. The Morgan fingerprint density at radius 1 is 1.24 bits per heavy atom. The minimum absolute atomic E-state index is 0.0656. The fraction of sp³-hybridized carbons (Fsp3) is 0.211. The van der Waals surface area contributed by atoms with Gasteiger partial charge in [-0.15, -0.1) is 5.10 Å². The fourth-order valence-corrected chi connectivity index (χ4v) is 4.15. The van der Waals surface area contributed by atoms with Crippen molar-refractivity contribution in [1.29, 1.82) is 0 Å². The molecular weight excluding hydrogens is 456 g/mol. The van der Waals surface area contributed by atoms with E-state index in [0.29, 0.717) is 17.4 Å². The van der Waals surface area contributed by atoms with Crippen molar-refractivity contribution in [1.82, 2.24) is 20.2 Å². The molecule has 29 heavy (non-hydrogen) atoms. The highest BCUT2D eigenvalue weighted by atomic mass is 79.9. The van der Waals surface area contributed by atoms with E-state index >= 15 is 0 Å². The monoisotopic (exact) mass is 472 g/mol. The van der Waals surface area contributed by atoms with E-state index in [0.717, 1.165) is 15.8 Å². The number of hydrogen-bond donors (Lipinski definition) is 1. The Bertz CT molecular complexity index is 1070. The van der Waals surface area contributed by atoms with Crippen molar-refractivity contribution in [2.45, 2.75) is 11.6 Å². The van der Waals surface area contributed by atoms with E-state index in [9.17, 15) is 9.59 Å². The molecular formula is C19H17BrN6O2S. The number of amides is 2. The number of halogens is 1. The van der Waals surface area contributed by atoms with E-state index in [-0.39, 0.29) is 18.2 Å². The van der Waals surface area contributed by atoms with E-state index in [2.05, 4.69) is 36.8 Å². The molecule has 1 aliphatic heterocycles. The van der Waals surface area contributed by atoms with Crippen LogP contribution in [0.25, 0.3) is 5.69 Å². The molecule has 1 aromatic heterocycles. The Labute approximate surface area is 179 Å². The summed E-state index contributed by atoms with van der Waals surface area (Å²) in [7, 11) is 0. The molecule has 4 rings (SSSR count). The van der Waals surface area contributed by atoms with Crippen LogP contribution in [0.5, 0.6) is 0 Å². The Morgan fingerprint density at radius 2 is 2.07 bits per heavy atom. The number of carbonyl (C=O) groups is 2. The molecule has 2 heterocycles. The van der Waals surface area contributed by atoms with E-state index in [1.807, 2.05) is 42.7 Å². The van der Waals surface area contributed by atoms with Crippen molar-refractivity contribution in [3.8, 4) is 5.69 Å². The highest BCUT2D eigenvalue weighted by Gasteiger charge is 2.35. The lowest BCUT2D eigenvalue weighted by Crippen LogP contribution is -2.28. The molecule has 1 unspecified atom stereocenters. The minimum Gasteiger partial charge on any atom is -0.326 e. The second kappa shape index (κ2) is 8.34. The number of anilines is 2. The predicted molar refractivity (Wildman–Crippen MR) is 114 cm³/mol. The van der Waals surface area contributed by atoms with Gasteiger partial charge in [0.25, 0.3) is 0 Å². The Kier molecular flexibility index (Phi) is 5.63. The second-order valence-electron chi connectivity index (χ2n) is 6.47. The summed E-state index contributed by atoms with van der Waals surface area (Å²) in [6.45, 7) is 0.344. The van der Waals surface area contributed by atoms with Crippen LogP contribution in [-0.2, 0) is 9.59 Å². The lowest BCUT2D eigenvalue weighted by atomic mass is 10.1. The molecule has 10 heteroatoms. The van der Waals surface area contributed by atoms with Crippen LogP contribution in [0.2, 0.25) is 0 Å². The average molecular weight is 473 g/mol. The Morgan fingerprint density at radius 3 is 2.86 bits per heavy atom. The highest BCUT2D eigenvalue weighted by molar-refractivity contribution is 9.10. The van der Waals surface area contributed by atoms with Gasteiger partial charge in [-0.2, -0.15) is 4.68 Å². The quantitative estimate of drug-likeness (QED) is 0.573. The van der Waals surface area contributed by atoms with Crippen LogP contribution in [0.1, 0.15) is 6.42 Å². The number of carbonyl (C=O) groups excluding carboxylic acids is 2. The van der Waals surface area contributed by atoms with Crippen molar-refractivity contribution in [2.24, 2.45) is 5.92 Å². The van der Waals surface area contributed by atoms with Gasteiger partial charge in [0.1, 0.15) is 0 Å². The van der Waals surface area contributed by atoms with Gasteiger partial charge >= 0.3 is 0 Å². The second-order valence-corrected chi connectivity index (χ2v) is 8.10. The molecule has 1 aliphatic rings. The van der Waals surface area contributed by atoms with Crippen LogP contribution >= 0.6 is 27.7 Å². The SMILES string of the molecule is CSc1nnnn1-c1cccc(NC(=O)C2CC(=O)N(c3ccccc3Br)C2)c1. The third kappa shape index (κ3) is 4.03. The van der Waals surface area contributed by atoms with Crippen LogP contribution in [0.4, 0.5) is 11.4 Å². The largest absolute Gasteiger partial charge is 0.326 e. The zero-order valence-electron chi connectivity index (χ0n) is 15.4. The summed E-state index contributed by atoms with van der Waals surface area (Å²) in [6.07, 6.45) is 2.07. The zero-order chi connectivity index (χ0) is 20.4. The van der Waals surface area contributed by atoms with Gasteiger partial charge in [-0.3, -0.25) is 9.59 Å². The number of para-hydroxylation sites is 1. The summed E-state index contributed by atoms with van der Waals surface area (Å²) >= 11 is 4.90. The molecule has 0 radical (unpaired) electrons. The maximum Gasteiger partial charge on any atom is 0.229 e. The van der Waals surface area contributed by atoms with E-state index in [1.165, 1.54) is 11.8 Å². The van der Waals surface area contributed by atoms with E-state index in [1.54, 1.807) is 21.7 Å². The van der Waals surface area contributed by atoms with Gasteiger partial charge in [-0.25, -0.2) is 0 Å². The number of rotatable bonds is 5. The van der Waals surface area contributed by atoms with E-state index < -0.39 is 5.92 Å². The standard InChI is InChI=1S/C19H17BrN6O2S/c1-29-19-22-23-24-26(19)14-6-4-5-13(10-14)21-18(28)12-9-17(27)25(11-12)16-8-3-2-7-15(16)20/h2-8,10,12H,9,11H2,1H3,(H,21,28). The molecule has 2 amide bonds. The number of hydrogen-bond acceptors (Lipinski definition) is 6. The van der Waals surface area contributed by atoms with Crippen molar-refractivity contribution >= 4 is 50.9 Å². The summed E-state index contributed by atoms with van der Waals surface area (Å²) in [4.78, 5) is 26.9. The molecule has 0 aliphatic carbocycles. The molecule has 8 nitrogen and oxygen atoms in total. The number of tetrazole rings is 1. The number of benzene rings is 2. The summed E-state index contributed by atoms with van der Waals surface area (Å²) in [6, 6.07) is 14.8. The van der Waals surface area contributed by atoms with Gasteiger partial charge in [-0.1, -0.05) is 30.0 Å². The summed E-state index contributed by atoms with van der Waals surface area (Å²) in [5, 5.41) is 15.2. The summed E-state index contributed by atoms with van der Waals surface area (Å²) in [5.41, 5.74) is 2.15. The van der Waals surface area contributed by atoms with Crippen LogP contribution in [0.3, 0.4) is 0 Å². The average Bonchev–Trinajstić information content (AvgIpc) is 3.35. The first-order chi connectivity index (χ1) is 14.1. The number of aromatic nitrogens is 4. The molecule has 0 spiro atoms. The smallest absolute Gasteiger partial charge is 0.229 e. The van der Waals surface area contributed by atoms with Gasteiger partial charge in [0, 0.05) is 23.1 Å². The van der Waals surface area contributed by atoms with Crippen LogP contribution in [0.15, 0.2) is 58.2 Å². The first-order valence-corrected chi connectivity index (χ1v) is 10.9. The topological polar surface area (TPSA) is 93.0 Å². The van der Waals surface area contributed by atoms with Crippen molar-refractivity contribution in [2.75, 3.05) is 23.0 Å². The van der Waals surface area contributed by atoms with Gasteiger partial charge < -0.3 is 10.2 Å². The maximum atomic E-state index is 12.8. The van der Waals surface area contributed by atoms with Crippen molar-refractivity contribution in [3.63, 3.8) is 0 Å². The molecule has 148 valence electrons. The molecule has 0 bridgehead atoms. The summed E-state index contributed by atoms with van der Waals surface area (Å²) < 4.78 is 2.43. The third-order valence-electron chi connectivity index (χ3n) is 4.62. The number of nitrogens with one attached hydrogen (secondary N) is 1. The lowest BCUT2D eigenvalue weighted by Gasteiger charge is -2.18. The molecule has 1 saturated heterocycles. The first-order valence-electron chi connectivity index (χ1n) is 8.85. The highest BCUT2D eigenvalue weighted by Crippen LogP contribution is 2.31. The van der Waals surface area contributed by atoms with Crippen molar-refractivity contribution in [3.05, 3.63) is 53.0 Å². The van der Waals surface area contributed by atoms with Gasteiger partial charge in [0.05, 0.1) is 17.3 Å². The third-order valence-corrected chi connectivity index (χ3v) is 5.91. The van der Waals surface area contributed by atoms with E-state index in [4.69, 9.17) is 0 Å². The molecule has 1 N–H and O–H groups in total. The minimum atomic E-state index is -0.423. The van der Waals surface area contributed by atoms with Crippen LogP contribution in [0, 0.1) is 5.92 Å². The number of thioether (sulfide) groups is 1. The predicted octanol–water partition coefficient (Wildman–Crippen LogP) is 3.14. The lowest BCUT2D eigenvalue weighted by molar-refractivity contribution is -0.122. The molecule has 3 aromatic rings. The maximum absolute atomic E-state index is 12.8. The van der Waals surface area contributed by atoms with Gasteiger partial charge in [0.15, 0.2) is 0 Å². The molecule has 1 fully saturated rings. The van der Waals surface area contributed by atoms with Crippen molar-refractivity contribution < 1.29 is 9.59 Å². The number of nitrogens with zero attached hydrogens (tertiary/aromatic N) is 5. The van der Waals surface area contributed by atoms with Crippen LogP contribution < -0.4 is 10.2 Å². The molecule has 2 aromatic carbocycles. The Balaban J connectivity index is 1.48. The Hall–Kier alpha value is -2.72. The van der Waals surface area contributed by atoms with Crippen LogP contribution in [-0.4, -0.2) is 44.8 Å².